The lowest BCUT2D eigenvalue weighted by atomic mass is 10.3. The second kappa shape index (κ2) is 9.02. The van der Waals surface area contributed by atoms with E-state index in [0.717, 1.165) is 17.0 Å². The fourth-order valence-electron chi connectivity index (χ4n) is 3.05. The Bertz CT molecular complexity index is 989. The molecule has 1 N–H and O–H groups in total. The highest BCUT2D eigenvalue weighted by atomic mass is 32.2. The summed E-state index contributed by atoms with van der Waals surface area (Å²) in [7, 11) is -3.74. The van der Waals surface area contributed by atoms with E-state index in [-0.39, 0.29) is 29.8 Å². The van der Waals surface area contributed by atoms with Gasteiger partial charge in [-0.3, -0.25) is 9.59 Å². The molecule has 0 radical (unpaired) electrons. The predicted molar refractivity (Wildman–Crippen MR) is 108 cm³/mol. The normalized spacial score (nSPS) is 15.7. The maximum atomic E-state index is 13.1. The zero-order valence-corrected chi connectivity index (χ0v) is 17.6. The molecule has 0 aliphatic carbocycles. The van der Waals surface area contributed by atoms with Crippen molar-refractivity contribution < 1.29 is 22.4 Å². The first-order valence-electron chi connectivity index (χ1n) is 9.15. The Labute approximate surface area is 173 Å². The van der Waals surface area contributed by atoms with E-state index in [0.29, 0.717) is 30.9 Å². The molecular weight excluding hydrogens is 417 g/mol. The van der Waals surface area contributed by atoms with E-state index in [1.54, 1.807) is 17.0 Å². The van der Waals surface area contributed by atoms with E-state index >= 15 is 0 Å². The van der Waals surface area contributed by atoms with Crippen molar-refractivity contribution in [2.45, 2.75) is 24.8 Å². The maximum Gasteiger partial charge on any atom is 0.263 e. The Hall–Kier alpha value is -2.30. The molecular formula is C19H22FN3O4S2. The third-order valence-corrected chi connectivity index (χ3v) is 7.56. The standard InChI is InChI=1S/C19H22FN3O4S2/c1-14(24)21-13-16-5-8-18(28-16)19(25)22-9-2-10-23(12-11-22)29(26,27)17-6-3-15(20)4-7-17/h3-8H,2,9-13H2,1H3,(H,21,24). The fraction of sp³-hybridized carbons (Fsp3) is 0.368. The molecule has 2 heterocycles. The van der Waals surface area contributed by atoms with E-state index in [2.05, 4.69) is 5.32 Å². The average molecular weight is 440 g/mol. The minimum absolute atomic E-state index is 0.0412. The van der Waals surface area contributed by atoms with Crippen LogP contribution in [0.25, 0.3) is 0 Å². The van der Waals surface area contributed by atoms with E-state index < -0.39 is 15.8 Å². The van der Waals surface area contributed by atoms with Crippen molar-refractivity contribution in [2.24, 2.45) is 0 Å². The molecule has 7 nitrogen and oxygen atoms in total. The Balaban J connectivity index is 1.65. The van der Waals surface area contributed by atoms with Crippen LogP contribution in [0.2, 0.25) is 0 Å². The van der Waals surface area contributed by atoms with E-state index in [9.17, 15) is 22.4 Å². The molecule has 156 valence electrons. The SMILES string of the molecule is CC(=O)NCc1ccc(C(=O)N2CCCN(S(=O)(=O)c3ccc(F)cc3)CC2)s1. The van der Waals surface area contributed by atoms with Crippen molar-refractivity contribution >= 4 is 33.2 Å². The number of nitrogens with zero attached hydrogens (tertiary/aromatic N) is 2. The number of amides is 2. The lowest BCUT2D eigenvalue weighted by molar-refractivity contribution is -0.119. The summed E-state index contributed by atoms with van der Waals surface area (Å²) in [5.74, 6) is -0.781. The number of thiophene rings is 1. The van der Waals surface area contributed by atoms with Crippen molar-refractivity contribution in [1.29, 1.82) is 0 Å². The van der Waals surface area contributed by atoms with Crippen LogP contribution >= 0.6 is 11.3 Å². The van der Waals surface area contributed by atoms with Gasteiger partial charge in [-0.25, -0.2) is 12.8 Å². The molecule has 1 aromatic carbocycles. The van der Waals surface area contributed by atoms with Crippen molar-refractivity contribution in [3.8, 4) is 0 Å². The Morgan fingerprint density at radius 1 is 1.07 bits per heavy atom. The number of rotatable bonds is 5. The molecule has 3 rings (SSSR count). The number of hydrogen-bond donors (Lipinski definition) is 1. The summed E-state index contributed by atoms with van der Waals surface area (Å²) >= 11 is 1.31. The summed E-state index contributed by atoms with van der Waals surface area (Å²) < 4.78 is 40.0. The second-order valence-electron chi connectivity index (χ2n) is 6.68. The molecule has 1 fully saturated rings. The smallest absolute Gasteiger partial charge is 0.263 e. The number of sulfonamides is 1. The van der Waals surface area contributed by atoms with Crippen LogP contribution in [0, 0.1) is 5.82 Å². The Morgan fingerprint density at radius 3 is 2.48 bits per heavy atom. The molecule has 0 atom stereocenters. The molecule has 0 bridgehead atoms. The molecule has 0 saturated carbocycles. The molecule has 0 spiro atoms. The summed E-state index contributed by atoms with van der Waals surface area (Å²) in [6, 6.07) is 8.27. The van der Waals surface area contributed by atoms with Gasteiger partial charge in [-0.15, -0.1) is 11.3 Å². The number of hydrogen-bond acceptors (Lipinski definition) is 5. The Kier molecular flexibility index (Phi) is 6.66. The molecule has 10 heteroatoms. The van der Waals surface area contributed by atoms with E-state index in [1.165, 1.54) is 34.7 Å². The van der Waals surface area contributed by atoms with Crippen LogP contribution < -0.4 is 5.32 Å². The monoisotopic (exact) mass is 439 g/mol. The van der Waals surface area contributed by atoms with Crippen LogP contribution in [0.4, 0.5) is 4.39 Å². The molecule has 1 aromatic heterocycles. The summed E-state index contributed by atoms with van der Waals surface area (Å²) in [5, 5.41) is 2.69. The van der Waals surface area contributed by atoms with E-state index in [1.807, 2.05) is 0 Å². The average Bonchev–Trinajstić information content (AvgIpc) is 3.01. The van der Waals surface area contributed by atoms with Gasteiger partial charge in [-0.05, 0) is 42.8 Å². The number of halogens is 1. The van der Waals surface area contributed by atoms with Crippen LogP contribution in [0.1, 0.15) is 27.9 Å². The largest absolute Gasteiger partial charge is 0.351 e. The van der Waals surface area contributed by atoms with Gasteiger partial charge in [0.25, 0.3) is 5.91 Å². The van der Waals surface area contributed by atoms with Crippen molar-refractivity contribution in [2.75, 3.05) is 26.2 Å². The van der Waals surface area contributed by atoms with Gasteiger partial charge < -0.3 is 10.2 Å². The minimum Gasteiger partial charge on any atom is -0.351 e. The number of carbonyl (C=O) groups excluding carboxylic acids is 2. The molecule has 1 saturated heterocycles. The van der Waals surface area contributed by atoms with E-state index in [4.69, 9.17) is 0 Å². The van der Waals surface area contributed by atoms with Gasteiger partial charge in [-0.2, -0.15) is 4.31 Å². The third kappa shape index (κ3) is 5.20. The Morgan fingerprint density at radius 2 is 1.79 bits per heavy atom. The quantitative estimate of drug-likeness (QED) is 0.773. The highest BCUT2D eigenvalue weighted by Gasteiger charge is 2.29. The predicted octanol–water partition coefficient (Wildman–Crippen LogP) is 2.06. The zero-order valence-electron chi connectivity index (χ0n) is 15.9. The fourth-order valence-corrected chi connectivity index (χ4v) is 5.43. The van der Waals surface area contributed by atoms with Gasteiger partial charge in [0.15, 0.2) is 0 Å². The molecule has 1 aliphatic heterocycles. The van der Waals surface area contributed by atoms with Crippen LogP contribution in [-0.2, 0) is 21.4 Å². The van der Waals surface area contributed by atoms with Crippen molar-refractivity contribution in [3.63, 3.8) is 0 Å². The topological polar surface area (TPSA) is 86.8 Å². The van der Waals surface area contributed by atoms with Crippen molar-refractivity contribution in [1.82, 2.24) is 14.5 Å². The molecule has 0 unspecified atom stereocenters. The zero-order chi connectivity index (χ0) is 21.0. The number of carbonyl (C=O) groups is 2. The lowest BCUT2D eigenvalue weighted by Gasteiger charge is -2.21. The first-order chi connectivity index (χ1) is 13.8. The van der Waals surface area contributed by atoms with Crippen LogP contribution in [-0.4, -0.2) is 55.6 Å². The molecule has 2 aromatic rings. The van der Waals surface area contributed by atoms with Gasteiger partial charge in [0.1, 0.15) is 5.82 Å². The summed E-state index contributed by atoms with van der Waals surface area (Å²) in [4.78, 5) is 26.9. The summed E-state index contributed by atoms with van der Waals surface area (Å²) in [6.45, 7) is 3.00. The summed E-state index contributed by atoms with van der Waals surface area (Å²) in [6.07, 6.45) is 0.510. The third-order valence-electron chi connectivity index (χ3n) is 4.58. The highest BCUT2D eigenvalue weighted by molar-refractivity contribution is 7.89. The van der Waals surface area contributed by atoms with Crippen LogP contribution in [0.3, 0.4) is 0 Å². The van der Waals surface area contributed by atoms with Gasteiger partial charge in [-0.1, -0.05) is 0 Å². The lowest BCUT2D eigenvalue weighted by Crippen LogP contribution is -2.37. The van der Waals surface area contributed by atoms with Gasteiger partial charge in [0.2, 0.25) is 15.9 Å². The summed E-state index contributed by atoms with van der Waals surface area (Å²) in [5.41, 5.74) is 0. The second-order valence-corrected chi connectivity index (χ2v) is 9.79. The minimum atomic E-state index is -3.74. The number of nitrogens with one attached hydrogen (secondary N) is 1. The first kappa shape index (κ1) is 21.4. The van der Waals surface area contributed by atoms with Crippen molar-refractivity contribution in [3.05, 3.63) is 52.0 Å². The van der Waals surface area contributed by atoms with Gasteiger partial charge in [0, 0.05) is 38.0 Å². The number of benzene rings is 1. The van der Waals surface area contributed by atoms with Crippen LogP contribution in [0.5, 0.6) is 0 Å². The van der Waals surface area contributed by atoms with Gasteiger partial charge >= 0.3 is 0 Å². The first-order valence-corrected chi connectivity index (χ1v) is 11.4. The molecule has 29 heavy (non-hydrogen) atoms. The molecule has 2 amide bonds. The van der Waals surface area contributed by atoms with Gasteiger partial charge in [0.05, 0.1) is 16.3 Å². The maximum absolute atomic E-state index is 13.1. The molecule has 1 aliphatic rings. The highest BCUT2D eigenvalue weighted by Crippen LogP contribution is 2.21. The van der Waals surface area contributed by atoms with Crippen LogP contribution in [0.15, 0.2) is 41.3 Å².